The topological polar surface area (TPSA) is 87.8 Å². The predicted molar refractivity (Wildman–Crippen MR) is 103 cm³/mol. The van der Waals surface area contributed by atoms with Crippen molar-refractivity contribution in [1.82, 2.24) is 18.7 Å². The summed E-state index contributed by atoms with van der Waals surface area (Å²) in [7, 11) is 3.18. The van der Waals surface area contributed by atoms with Crippen molar-refractivity contribution in [3.8, 4) is 0 Å². The van der Waals surface area contributed by atoms with Crippen LogP contribution < -0.4 is 17.0 Å². The number of fused-ring (bicyclic) bond motifs is 1. The number of allylic oxidation sites excluding steroid dienone is 2. The number of hydrogen-bond donors (Lipinski definition) is 1. The first-order valence-electron chi connectivity index (χ1n) is 9.28. The molecule has 0 aromatic carbocycles. The molecule has 0 spiro atoms. The molecule has 1 saturated carbocycles. The van der Waals surface area contributed by atoms with Gasteiger partial charge in [0.25, 0.3) is 5.56 Å². The van der Waals surface area contributed by atoms with Crippen molar-refractivity contribution in [3.05, 3.63) is 38.3 Å². The quantitative estimate of drug-likeness (QED) is 0.819. The molecule has 0 radical (unpaired) electrons. The smallest absolute Gasteiger partial charge is 0.330 e. The highest BCUT2D eigenvalue weighted by molar-refractivity contribution is 5.71. The van der Waals surface area contributed by atoms with Gasteiger partial charge in [-0.25, -0.2) is 9.78 Å². The van der Waals surface area contributed by atoms with Gasteiger partial charge >= 0.3 is 5.69 Å². The SMILES string of the molecule is CC(C)=CCn1c(CC2(CN)CCCC2)nc2c1c(=O)n(C)c(=O)n2C. The highest BCUT2D eigenvalue weighted by Gasteiger charge is 2.34. The van der Waals surface area contributed by atoms with Crippen LogP contribution in [0, 0.1) is 5.41 Å². The second kappa shape index (κ2) is 6.87. The first-order chi connectivity index (χ1) is 12.3. The van der Waals surface area contributed by atoms with Gasteiger partial charge in [0.05, 0.1) is 0 Å². The van der Waals surface area contributed by atoms with E-state index in [1.807, 2.05) is 18.4 Å². The van der Waals surface area contributed by atoms with E-state index >= 15 is 0 Å². The zero-order valence-corrected chi connectivity index (χ0v) is 16.2. The van der Waals surface area contributed by atoms with Crippen LogP contribution in [0.15, 0.2) is 21.2 Å². The third kappa shape index (κ3) is 3.05. The predicted octanol–water partition coefficient (Wildman–Crippen LogP) is 1.46. The van der Waals surface area contributed by atoms with E-state index in [4.69, 9.17) is 10.7 Å². The Balaban J connectivity index is 2.24. The summed E-state index contributed by atoms with van der Waals surface area (Å²) in [5, 5.41) is 0. The highest BCUT2D eigenvalue weighted by atomic mass is 16.2. The lowest BCUT2D eigenvalue weighted by Gasteiger charge is -2.26. The molecule has 2 heterocycles. The minimum atomic E-state index is -0.352. The monoisotopic (exact) mass is 359 g/mol. The van der Waals surface area contributed by atoms with Gasteiger partial charge in [0, 0.05) is 27.1 Å². The molecule has 2 aromatic rings. The van der Waals surface area contributed by atoms with E-state index in [9.17, 15) is 9.59 Å². The average Bonchev–Trinajstić information content (AvgIpc) is 3.22. The molecule has 2 N–H and O–H groups in total. The van der Waals surface area contributed by atoms with Gasteiger partial charge in [-0.2, -0.15) is 0 Å². The van der Waals surface area contributed by atoms with E-state index in [2.05, 4.69) is 6.08 Å². The Morgan fingerprint density at radius 1 is 1.19 bits per heavy atom. The van der Waals surface area contributed by atoms with Gasteiger partial charge in [-0.05, 0) is 38.6 Å². The van der Waals surface area contributed by atoms with Gasteiger partial charge in [-0.1, -0.05) is 24.5 Å². The number of imidazole rings is 1. The fraction of sp³-hybridized carbons (Fsp3) is 0.632. The third-order valence-corrected chi connectivity index (χ3v) is 5.74. The van der Waals surface area contributed by atoms with Gasteiger partial charge in [0.1, 0.15) is 5.82 Å². The van der Waals surface area contributed by atoms with E-state index < -0.39 is 0 Å². The summed E-state index contributed by atoms with van der Waals surface area (Å²) in [5.74, 6) is 0.850. The molecule has 1 aliphatic carbocycles. The molecule has 0 amide bonds. The lowest BCUT2D eigenvalue weighted by atomic mass is 9.82. The molecule has 26 heavy (non-hydrogen) atoms. The largest absolute Gasteiger partial charge is 0.332 e. The fourth-order valence-electron chi connectivity index (χ4n) is 4.01. The second-order valence-corrected chi connectivity index (χ2v) is 7.89. The minimum Gasteiger partial charge on any atom is -0.330 e. The molecule has 0 saturated heterocycles. The molecule has 2 aromatic heterocycles. The number of nitrogens with two attached hydrogens (primary N) is 1. The first kappa shape index (κ1) is 18.6. The van der Waals surface area contributed by atoms with Crippen LogP contribution in [0.25, 0.3) is 11.2 Å². The molecule has 7 nitrogen and oxygen atoms in total. The normalized spacial score (nSPS) is 16.3. The van der Waals surface area contributed by atoms with Crippen molar-refractivity contribution >= 4 is 11.2 Å². The van der Waals surface area contributed by atoms with Crippen molar-refractivity contribution in [3.63, 3.8) is 0 Å². The van der Waals surface area contributed by atoms with Crippen LogP contribution in [0.2, 0.25) is 0 Å². The molecule has 7 heteroatoms. The molecule has 1 fully saturated rings. The number of rotatable bonds is 5. The molecular weight excluding hydrogens is 330 g/mol. The van der Waals surface area contributed by atoms with Crippen LogP contribution in [0.5, 0.6) is 0 Å². The van der Waals surface area contributed by atoms with Gasteiger partial charge in [-0.3, -0.25) is 13.9 Å². The van der Waals surface area contributed by atoms with Crippen LogP contribution in [0.4, 0.5) is 0 Å². The Hall–Kier alpha value is -2.15. The highest BCUT2D eigenvalue weighted by Crippen LogP contribution is 2.40. The van der Waals surface area contributed by atoms with Gasteiger partial charge in [0.15, 0.2) is 11.2 Å². The van der Waals surface area contributed by atoms with Crippen molar-refractivity contribution in [2.24, 2.45) is 25.2 Å². The Morgan fingerprint density at radius 3 is 2.42 bits per heavy atom. The molecule has 0 unspecified atom stereocenters. The standard InChI is InChI=1S/C19H29N5O2/c1-13(2)7-10-24-14(11-19(12-20)8-5-6-9-19)21-16-15(24)17(25)23(4)18(26)22(16)3/h7H,5-6,8-12,20H2,1-4H3. The Bertz CT molecular complexity index is 966. The lowest BCUT2D eigenvalue weighted by Crippen LogP contribution is -2.37. The Morgan fingerprint density at radius 2 is 1.85 bits per heavy atom. The number of aryl methyl sites for hydroxylation is 1. The summed E-state index contributed by atoms with van der Waals surface area (Å²) >= 11 is 0. The molecular formula is C19H29N5O2. The third-order valence-electron chi connectivity index (χ3n) is 5.74. The maximum atomic E-state index is 12.8. The summed E-state index contributed by atoms with van der Waals surface area (Å²) in [6.07, 6.45) is 7.38. The number of nitrogens with zero attached hydrogens (tertiary/aromatic N) is 4. The van der Waals surface area contributed by atoms with Crippen molar-refractivity contribution in [1.29, 1.82) is 0 Å². The van der Waals surface area contributed by atoms with Crippen molar-refractivity contribution in [2.45, 2.75) is 52.5 Å². The van der Waals surface area contributed by atoms with Gasteiger partial charge in [-0.15, -0.1) is 0 Å². The first-order valence-corrected chi connectivity index (χ1v) is 9.28. The molecule has 3 rings (SSSR count). The summed E-state index contributed by atoms with van der Waals surface area (Å²) < 4.78 is 4.59. The summed E-state index contributed by atoms with van der Waals surface area (Å²) in [6, 6.07) is 0. The van der Waals surface area contributed by atoms with Crippen LogP contribution in [-0.4, -0.2) is 25.2 Å². The Kier molecular flexibility index (Phi) is 4.92. The molecule has 0 atom stereocenters. The van der Waals surface area contributed by atoms with E-state index in [0.717, 1.165) is 29.7 Å². The summed E-state index contributed by atoms with van der Waals surface area (Å²) in [6.45, 7) is 5.26. The van der Waals surface area contributed by atoms with Crippen molar-refractivity contribution in [2.75, 3.05) is 6.54 Å². The van der Waals surface area contributed by atoms with E-state index in [-0.39, 0.29) is 16.7 Å². The van der Waals surface area contributed by atoms with E-state index in [1.54, 1.807) is 7.05 Å². The molecule has 1 aliphatic rings. The number of aromatic nitrogens is 4. The van der Waals surface area contributed by atoms with Gasteiger partial charge in [0.2, 0.25) is 0 Å². The maximum absolute atomic E-state index is 12.8. The number of hydrogen-bond acceptors (Lipinski definition) is 4. The van der Waals surface area contributed by atoms with Crippen LogP contribution in [-0.2, 0) is 27.1 Å². The van der Waals surface area contributed by atoms with Gasteiger partial charge < -0.3 is 10.3 Å². The van der Waals surface area contributed by atoms with E-state index in [0.29, 0.717) is 24.3 Å². The zero-order chi connectivity index (χ0) is 19.1. The summed E-state index contributed by atoms with van der Waals surface area (Å²) in [4.78, 5) is 29.8. The fourth-order valence-corrected chi connectivity index (χ4v) is 4.01. The molecule has 0 aliphatic heterocycles. The minimum absolute atomic E-state index is 0.0498. The molecule has 142 valence electrons. The molecule has 0 bridgehead atoms. The summed E-state index contributed by atoms with van der Waals surface area (Å²) in [5.41, 5.74) is 7.65. The average molecular weight is 359 g/mol. The zero-order valence-electron chi connectivity index (χ0n) is 16.2. The van der Waals surface area contributed by atoms with Crippen molar-refractivity contribution < 1.29 is 0 Å². The van der Waals surface area contributed by atoms with Crippen LogP contribution >= 0.6 is 0 Å². The Labute approximate surface area is 153 Å². The second-order valence-electron chi connectivity index (χ2n) is 7.89. The maximum Gasteiger partial charge on any atom is 0.332 e. The van der Waals surface area contributed by atoms with E-state index in [1.165, 1.54) is 30.0 Å². The lowest BCUT2D eigenvalue weighted by molar-refractivity contribution is 0.297. The van der Waals surface area contributed by atoms with Crippen LogP contribution in [0.3, 0.4) is 0 Å². The van der Waals surface area contributed by atoms with Crippen LogP contribution in [0.1, 0.15) is 45.4 Å².